The van der Waals surface area contributed by atoms with Crippen LogP contribution in [0.2, 0.25) is 0 Å². The topological polar surface area (TPSA) is 77.2 Å². The normalized spacial score (nSPS) is 23.4. The standard InChI is InChI=1S/C18H24N4O3S/c1-20-12-14(11-19-20)17-13-26(24,25)10-9-22(17)18(23)16-7-4-8-21(16)15-5-2-3-6-15/h4,7-8,11-12,15,17H,2-3,5-6,9-10,13H2,1H3/t17-/m1/s1. The quantitative estimate of drug-likeness (QED) is 0.820. The van der Waals surface area contributed by atoms with Crippen molar-refractivity contribution in [1.29, 1.82) is 0 Å². The fourth-order valence-corrected chi connectivity index (χ4v) is 5.66. The lowest BCUT2D eigenvalue weighted by Crippen LogP contribution is -2.46. The van der Waals surface area contributed by atoms with E-state index >= 15 is 0 Å². The molecule has 2 aromatic heterocycles. The predicted octanol–water partition coefficient (Wildman–Crippen LogP) is 1.95. The minimum absolute atomic E-state index is 0.0135. The summed E-state index contributed by atoms with van der Waals surface area (Å²) in [6.45, 7) is 0.219. The smallest absolute Gasteiger partial charge is 0.271 e. The van der Waals surface area contributed by atoms with Crippen LogP contribution >= 0.6 is 0 Å². The van der Waals surface area contributed by atoms with Gasteiger partial charge in [-0.1, -0.05) is 12.8 Å². The Bertz CT molecular complexity index is 909. The summed E-state index contributed by atoms with van der Waals surface area (Å²) in [5, 5.41) is 4.16. The van der Waals surface area contributed by atoms with Gasteiger partial charge in [-0.05, 0) is 25.0 Å². The lowest BCUT2D eigenvalue weighted by atomic mass is 10.1. The lowest BCUT2D eigenvalue weighted by Gasteiger charge is -2.35. The van der Waals surface area contributed by atoms with Crippen LogP contribution in [0.1, 0.15) is 53.8 Å². The average molecular weight is 376 g/mol. The highest BCUT2D eigenvalue weighted by Crippen LogP contribution is 2.33. The number of sulfone groups is 1. The third-order valence-corrected chi connectivity index (χ3v) is 7.15. The average Bonchev–Trinajstić information content (AvgIpc) is 3.34. The summed E-state index contributed by atoms with van der Waals surface area (Å²) >= 11 is 0. The predicted molar refractivity (Wildman–Crippen MR) is 97.6 cm³/mol. The minimum Gasteiger partial charge on any atom is -0.340 e. The fourth-order valence-electron chi connectivity index (χ4n) is 4.16. The van der Waals surface area contributed by atoms with Gasteiger partial charge in [0.25, 0.3) is 5.91 Å². The van der Waals surface area contributed by atoms with Gasteiger partial charge in [-0.15, -0.1) is 0 Å². The number of amides is 1. The van der Waals surface area contributed by atoms with Crippen molar-refractivity contribution in [3.05, 3.63) is 42.0 Å². The maximum Gasteiger partial charge on any atom is 0.271 e. The lowest BCUT2D eigenvalue weighted by molar-refractivity contribution is 0.0684. The third-order valence-electron chi connectivity index (χ3n) is 5.52. The Morgan fingerprint density at radius 3 is 2.73 bits per heavy atom. The van der Waals surface area contributed by atoms with Crippen LogP contribution in [0.15, 0.2) is 30.7 Å². The van der Waals surface area contributed by atoms with Gasteiger partial charge < -0.3 is 9.47 Å². The molecular weight excluding hydrogens is 352 g/mol. The molecule has 0 aromatic carbocycles. The molecule has 0 bridgehead atoms. The van der Waals surface area contributed by atoms with Gasteiger partial charge in [-0.2, -0.15) is 5.10 Å². The molecular formula is C18H24N4O3S. The molecule has 1 aliphatic carbocycles. The molecule has 3 heterocycles. The monoisotopic (exact) mass is 376 g/mol. The van der Waals surface area contributed by atoms with Crippen molar-refractivity contribution in [3.8, 4) is 0 Å². The summed E-state index contributed by atoms with van der Waals surface area (Å²) in [7, 11) is -1.38. The molecule has 1 amide bonds. The summed E-state index contributed by atoms with van der Waals surface area (Å²) in [5.41, 5.74) is 1.42. The Labute approximate surface area is 153 Å². The van der Waals surface area contributed by atoms with E-state index in [1.165, 1.54) is 12.8 Å². The van der Waals surface area contributed by atoms with Crippen LogP contribution in [0.5, 0.6) is 0 Å². The molecule has 2 aliphatic rings. The largest absolute Gasteiger partial charge is 0.340 e. The van der Waals surface area contributed by atoms with E-state index in [0.717, 1.165) is 18.4 Å². The Kier molecular flexibility index (Phi) is 4.38. The van der Waals surface area contributed by atoms with Crippen molar-refractivity contribution in [2.45, 2.75) is 37.8 Å². The number of aryl methyl sites for hydroxylation is 1. The summed E-state index contributed by atoms with van der Waals surface area (Å²) in [5.74, 6) is -0.126. The Morgan fingerprint density at radius 2 is 2.04 bits per heavy atom. The molecule has 4 rings (SSSR count). The van der Waals surface area contributed by atoms with Crippen molar-refractivity contribution in [3.63, 3.8) is 0 Å². The molecule has 0 radical (unpaired) electrons. The van der Waals surface area contributed by atoms with E-state index < -0.39 is 15.9 Å². The second kappa shape index (κ2) is 6.57. The van der Waals surface area contributed by atoms with Gasteiger partial charge in [0.05, 0.1) is 23.7 Å². The number of aromatic nitrogens is 3. The van der Waals surface area contributed by atoms with Gasteiger partial charge in [0.15, 0.2) is 9.84 Å². The Balaban J connectivity index is 1.66. The molecule has 26 heavy (non-hydrogen) atoms. The molecule has 7 nitrogen and oxygen atoms in total. The molecule has 8 heteroatoms. The zero-order valence-electron chi connectivity index (χ0n) is 14.9. The van der Waals surface area contributed by atoms with E-state index in [4.69, 9.17) is 0 Å². The summed E-state index contributed by atoms with van der Waals surface area (Å²) in [6, 6.07) is 3.64. The van der Waals surface area contributed by atoms with E-state index in [0.29, 0.717) is 11.7 Å². The first-order chi connectivity index (χ1) is 12.4. The Hall–Kier alpha value is -2.09. The van der Waals surface area contributed by atoms with E-state index in [-0.39, 0.29) is 24.0 Å². The van der Waals surface area contributed by atoms with Gasteiger partial charge in [0.1, 0.15) is 5.69 Å². The number of hydrogen-bond donors (Lipinski definition) is 0. The first-order valence-corrected chi connectivity index (χ1v) is 10.9. The SMILES string of the molecule is Cn1cc([C@H]2CS(=O)(=O)CCN2C(=O)c2cccn2C2CCCC2)cn1. The molecule has 0 spiro atoms. The number of carbonyl (C=O) groups excluding carboxylic acids is 1. The minimum atomic E-state index is -3.17. The van der Waals surface area contributed by atoms with Gasteiger partial charge in [0.2, 0.25) is 0 Å². The van der Waals surface area contributed by atoms with E-state index in [9.17, 15) is 13.2 Å². The van der Waals surface area contributed by atoms with Crippen molar-refractivity contribution in [1.82, 2.24) is 19.2 Å². The van der Waals surface area contributed by atoms with E-state index in [1.54, 1.807) is 29.0 Å². The Morgan fingerprint density at radius 1 is 1.27 bits per heavy atom. The van der Waals surface area contributed by atoms with Gasteiger partial charge in [0, 0.05) is 37.6 Å². The second-order valence-electron chi connectivity index (χ2n) is 7.32. The second-order valence-corrected chi connectivity index (χ2v) is 9.54. The van der Waals surface area contributed by atoms with Crippen LogP contribution < -0.4 is 0 Å². The molecule has 2 aromatic rings. The van der Waals surface area contributed by atoms with E-state index in [1.807, 2.05) is 18.3 Å². The van der Waals surface area contributed by atoms with Gasteiger partial charge in [-0.3, -0.25) is 9.48 Å². The van der Waals surface area contributed by atoms with Crippen molar-refractivity contribution in [2.75, 3.05) is 18.1 Å². The molecule has 1 aliphatic heterocycles. The molecule has 1 saturated heterocycles. The molecule has 2 fully saturated rings. The van der Waals surface area contributed by atoms with Crippen LogP contribution in [0.4, 0.5) is 0 Å². The molecule has 140 valence electrons. The molecule has 1 saturated carbocycles. The van der Waals surface area contributed by atoms with Crippen LogP contribution in [0.3, 0.4) is 0 Å². The fraction of sp³-hybridized carbons (Fsp3) is 0.556. The molecule has 0 unspecified atom stereocenters. The summed E-state index contributed by atoms with van der Waals surface area (Å²) in [6.07, 6.45) is 9.99. The van der Waals surface area contributed by atoms with E-state index in [2.05, 4.69) is 9.67 Å². The van der Waals surface area contributed by atoms with Gasteiger partial charge >= 0.3 is 0 Å². The number of carbonyl (C=O) groups is 1. The number of rotatable bonds is 3. The summed E-state index contributed by atoms with van der Waals surface area (Å²) in [4.78, 5) is 15.0. The molecule has 1 atom stereocenters. The van der Waals surface area contributed by atoms with Crippen LogP contribution in [-0.4, -0.2) is 51.6 Å². The zero-order chi connectivity index (χ0) is 18.3. The maximum atomic E-state index is 13.3. The number of nitrogens with zero attached hydrogens (tertiary/aromatic N) is 4. The third kappa shape index (κ3) is 3.18. The highest BCUT2D eigenvalue weighted by atomic mass is 32.2. The summed E-state index contributed by atoms with van der Waals surface area (Å²) < 4.78 is 28.1. The first kappa shape index (κ1) is 17.3. The van der Waals surface area contributed by atoms with Crippen molar-refractivity contribution < 1.29 is 13.2 Å². The van der Waals surface area contributed by atoms with Crippen molar-refractivity contribution >= 4 is 15.7 Å². The van der Waals surface area contributed by atoms with Crippen LogP contribution in [0, 0.1) is 0 Å². The maximum absolute atomic E-state index is 13.3. The zero-order valence-corrected chi connectivity index (χ0v) is 15.7. The van der Waals surface area contributed by atoms with Crippen molar-refractivity contribution in [2.24, 2.45) is 7.05 Å². The number of hydrogen-bond acceptors (Lipinski definition) is 4. The first-order valence-electron chi connectivity index (χ1n) is 9.11. The van der Waals surface area contributed by atoms with Gasteiger partial charge in [-0.25, -0.2) is 8.42 Å². The molecule has 0 N–H and O–H groups in total. The van der Waals surface area contributed by atoms with Crippen LogP contribution in [0.25, 0.3) is 0 Å². The van der Waals surface area contributed by atoms with Crippen LogP contribution in [-0.2, 0) is 16.9 Å². The highest BCUT2D eigenvalue weighted by Gasteiger charge is 2.37. The highest BCUT2D eigenvalue weighted by molar-refractivity contribution is 7.91.